The van der Waals surface area contributed by atoms with Crippen LogP contribution in [0.15, 0.2) is 0 Å². The normalized spacial score (nSPS) is 8.40. The number of alkyl halides is 1. The maximum absolute atomic E-state index is 10.9. The first-order valence-corrected chi connectivity index (χ1v) is 1.41. The van der Waals surface area contributed by atoms with Gasteiger partial charge in [-0.15, -0.1) is 0 Å². The van der Waals surface area contributed by atoms with Crippen LogP contribution in [-0.2, 0) is 0 Å². The van der Waals surface area contributed by atoms with Crippen molar-refractivity contribution < 1.29 is 4.39 Å². The van der Waals surface area contributed by atoms with Gasteiger partial charge in [-0.2, -0.15) is 0 Å². The predicted octanol–water partition coefficient (Wildman–Crippen LogP) is 0.214. The summed E-state index contributed by atoms with van der Waals surface area (Å²) in [6.45, 7) is -0.142. The summed E-state index contributed by atoms with van der Waals surface area (Å²) >= 11 is 0. The Balaban J connectivity index is 2.19. The molecule has 0 aromatic rings. The van der Waals surface area contributed by atoms with Gasteiger partial charge in [0.25, 0.3) is 0 Å². The van der Waals surface area contributed by atoms with E-state index in [9.17, 15) is 4.39 Å². The Morgan fingerprint density at radius 2 is 2.40 bits per heavy atom. The quantitative estimate of drug-likeness (QED) is 0.463. The molecule has 0 saturated carbocycles. The fraction of sp³-hybridized carbons (Fsp3) is 0.667. The second kappa shape index (κ2) is 3.89. The molecule has 0 fully saturated rings. The lowest BCUT2D eigenvalue weighted by Gasteiger charge is -1.81. The maximum Gasteiger partial charge on any atom is 0.102 e. The second-order valence-electron chi connectivity index (χ2n) is 0.643. The van der Waals surface area contributed by atoms with Crippen LogP contribution in [0.1, 0.15) is 0 Å². The molecule has 2 heteroatoms. The minimum absolute atomic E-state index is 0.250. The van der Waals surface area contributed by atoms with Crippen LogP contribution in [0.5, 0.6) is 0 Å². The first-order valence-electron chi connectivity index (χ1n) is 1.41. The molecule has 0 amide bonds. The van der Waals surface area contributed by atoms with Crippen molar-refractivity contribution in [3.05, 3.63) is 7.05 Å². The SMILES string of the molecule is [CH]NCCF. The van der Waals surface area contributed by atoms with E-state index in [0.717, 1.165) is 0 Å². The molecular weight excluding hydrogens is 69.0 g/mol. The number of nitrogens with one attached hydrogen (secondary N) is 1. The van der Waals surface area contributed by atoms with E-state index in [0.29, 0.717) is 0 Å². The number of halogens is 1. The molecule has 2 radical (unpaired) electrons. The van der Waals surface area contributed by atoms with Gasteiger partial charge in [0.05, 0.1) is 0 Å². The van der Waals surface area contributed by atoms with E-state index in [1.54, 1.807) is 0 Å². The molecule has 0 rings (SSSR count). The fourth-order valence-electron chi connectivity index (χ4n) is 0.0546. The van der Waals surface area contributed by atoms with Gasteiger partial charge >= 0.3 is 0 Å². The Morgan fingerprint density at radius 3 is 2.40 bits per heavy atom. The average Bonchev–Trinajstić information content (AvgIpc) is 1.41. The lowest BCUT2D eigenvalue weighted by molar-refractivity contribution is 0.486. The third-order valence-electron chi connectivity index (χ3n) is 0.239. The lowest BCUT2D eigenvalue weighted by Crippen LogP contribution is -2.05. The molecule has 0 aliphatic heterocycles. The van der Waals surface area contributed by atoms with Gasteiger partial charge in [0, 0.05) is 13.6 Å². The predicted molar refractivity (Wildman–Crippen MR) is 18.3 cm³/mol. The fourth-order valence-corrected chi connectivity index (χ4v) is 0.0546. The van der Waals surface area contributed by atoms with Crippen LogP contribution in [0.3, 0.4) is 0 Å². The van der Waals surface area contributed by atoms with Gasteiger partial charge in [-0.3, -0.25) is 0 Å². The van der Waals surface area contributed by atoms with Gasteiger partial charge in [0.15, 0.2) is 0 Å². The van der Waals surface area contributed by atoms with Gasteiger partial charge in [0.2, 0.25) is 0 Å². The van der Waals surface area contributed by atoms with Crippen molar-refractivity contribution in [3.8, 4) is 0 Å². The van der Waals surface area contributed by atoms with Crippen LogP contribution in [0.25, 0.3) is 0 Å². The van der Waals surface area contributed by atoms with E-state index in [1.165, 1.54) is 0 Å². The summed E-state index contributed by atoms with van der Waals surface area (Å²) < 4.78 is 10.9. The van der Waals surface area contributed by atoms with E-state index in [1.807, 2.05) is 0 Å². The molecule has 0 spiro atoms. The van der Waals surface area contributed by atoms with E-state index in [2.05, 4.69) is 12.4 Å². The van der Waals surface area contributed by atoms with Gasteiger partial charge < -0.3 is 5.32 Å². The van der Waals surface area contributed by atoms with Crippen LogP contribution in [0, 0.1) is 7.05 Å². The van der Waals surface area contributed by atoms with Gasteiger partial charge in [0.1, 0.15) is 6.67 Å². The zero-order chi connectivity index (χ0) is 4.12. The highest BCUT2D eigenvalue weighted by Crippen LogP contribution is 1.56. The van der Waals surface area contributed by atoms with Crippen molar-refractivity contribution in [1.82, 2.24) is 5.32 Å². The van der Waals surface area contributed by atoms with E-state index in [-0.39, 0.29) is 6.54 Å². The summed E-state index contributed by atoms with van der Waals surface area (Å²) in [5, 5.41) is 2.14. The van der Waals surface area contributed by atoms with Gasteiger partial charge in [-0.05, 0) is 0 Å². The Kier molecular flexibility index (Phi) is 3.80. The van der Waals surface area contributed by atoms with Gasteiger partial charge in [-0.25, -0.2) is 4.39 Å². The van der Waals surface area contributed by atoms with Crippen LogP contribution in [0.2, 0.25) is 0 Å². The molecule has 0 aliphatic carbocycles. The Morgan fingerprint density at radius 1 is 1.80 bits per heavy atom. The first kappa shape index (κ1) is 4.89. The monoisotopic (exact) mass is 75.0 g/mol. The molecule has 0 bridgehead atoms. The summed E-state index contributed by atoms with van der Waals surface area (Å²) in [5.41, 5.74) is 0. The summed E-state index contributed by atoms with van der Waals surface area (Å²) in [6.07, 6.45) is 0. The van der Waals surface area contributed by atoms with Crippen molar-refractivity contribution in [3.63, 3.8) is 0 Å². The zero-order valence-corrected chi connectivity index (χ0v) is 2.87. The summed E-state index contributed by atoms with van der Waals surface area (Å²) in [5.74, 6) is 0. The summed E-state index contributed by atoms with van der Waals surface area (Å²) in [4.78, 5) is 0. The van der Waals surface area contributed by atoms with E-state index >= 15 is 0 Å². The molecule has 0 aliphatic rings. The maximum atomic E-state index is 10.9. The van der Waals surface area contributed by atoms with Crippen LogP contribution < -0.4 is 5.32 Å². The van der Waals surface area contributed by atoms with Crippen molar-refractivity contribution in [1.29, 1.82) is 0 Å². The standard InChI is InChI=1S/C3H6FN/c1-5-3-2-4/h1,5H,2-3H2. The Bertz CT molecular complexity index is 14.4. The Labute approximate surface area is 31.2 Å². The molecule has 30 valence electrons. The van der Waals surface area contributed by atoms with Crippen molar-refractivity contribution in [2.75, 3.05) is 13.2 Å². The third kappa shape index (κ3) is 3.89. The molecule has 0 saturated heterocycles. The smallest absolute Gasteiger partial charge is 0.102 e. The summed E-state index contributed by atoms with van der Waals surface area (Å²) in [7, 11) is 4.65. The molecule has 0 aromatic heterocycles. The van der Waals surface area contributed by atoms with E-state index < -0.39 is 6.67 Å². The van der Waals surface area contributed by atoms with Crippen molar-refractivity contribution >= 4 is 0 Å². The first-order chi connectivity index (χ1) is 2.41. The van der Waals surface area contributed by atoms with Crippen LogP contribution >= 0.6 is 0 Å². The minimum atomic E-state index is -0.392. The molecule has 0 atom stereocenters. The molecule has 0 unspecified atom stereocenters. The topological polar surface area (TPSA) is 12.0 Å². The molecular formula is C3H6FN. The van der Waals surface area contributed by atoms with Crippen molar-refractivity contribution in [2.45, 2.75) is 0 Å². The molecule has 0 heterocycles. The van der Waals surface area contributed by atoms with Crippen molar-refractivity contribution in [2.24, 2.45) is 0 Å². The van der Waals surface area contributed by atoms with Gasteiger partial charge in [-0.1, -0.05) is 0 Å². The summed E-state index contributed by atoms with van der Waals surface area (Å²) in [6, 6.07) is 0. The highest BCUT2D eigenvalue weighted by atomic mass is 19.1. The lowest BCUT2D eigenvalue weighted by atomic mass is 10.7. The average molecular weight is 75.1 g/mol. The molecule has 5 heavy (non-hydrogen) atoms. The molecule has 0 aromatic carbocycles. The van der Waals surface area contributed by atoms with Crippen LogP contribution in [0.4, 0.5) is 4.39 Å². The van der Waals surface area contributed by atoms with E-state index in [4.69, 9.17) is 0 Å². The number of rotatable bonds is 2. The molecule has 1 nitrogen and oxygen atoms in total. The minimum Gasteiger partial charge on any atom is -0.308 e. The van der Waals surface area contributed by atoms with Crippen LogP contribution in [-0.4, -0.2) is 13.2 Å². The largest absolute Gasteiger partial charge is 0.308 e. The zero-order valence-electron chi connectivity index (χ0n) is 2.87. The highest BCUT2D eigenvalue weighted by molar-refractivity contribution is 4.34. The number of hydrogen-bond acceptors (Lipinski definition) is 1. The number of hydrogen-bond donors (Lipinski definition) is 1. The molecule has 1 N–H and O–H groups in total. The second-order valence-corrected chi connectivity index (χ2v) is 0.643. The Hall–Kier alpha value is -0.110. The third-order valence-corrected chi connectivity index (χ3v) is 0.239. The highest BCUT2D eigenvalue weighted by Gasteiger charge is 1.69.